The van der Waals surface area contributed by atoms with Gasteiger partial charge in [0.2, 0.25) is 0 Å². The van der Waals surface area contributed by atoms with Crippen molar-refractivity contribution in [1.29, 1.82) is 0 Å². The maximum absolute atomic E-state index is 5.78. The molecule has 4 heteroatoms. The largest absolute Gasteiger partial charge is 1.00 e. The Labute approximate surface area is 119 Å². The number of hydrogen-bond acceptors (Lipinski definition) is 1. The molecule has 0 fully saturated rings. The zero-order valence-electron chi connectivity index (χ0n) is 7.06. The van der Waals surface area contributed by atoms with E-state index in [0.717, 1.165) is 11.0 Å². The van der Waals surface area contributed by atoms with Crippen LogP contribution in [-0.4, -0.2) is 9.97 Å². The Morgan fingerprint density at radius 3 is 2.92 bits per heavy atom. The van der Waals surface area contributed by atoms with Gasteiger partial charge in [0.15, 0.2) is 0 Å². The quantitative estimate of drug-likeness (QED) is 0.455. The predicted octanol–water partition coefficient (Wildman–Crippen LogP) is -0.529. The van der Waals surface area contributed by atoms with Gasteiger partial charge in [-0.05, 0) is 5.02 Å². The van der Waals surface area contributed by atoms with E-state index in [4.69, 9.17) is 11.6 Å². The van der Waals surface area contributed by atoms with Gasteiger partial charge in [0, 0.05) is 6.20 Å². The smallest absolute Gasteiger partial charge is 0.361 e. The number of pyridine rings is 1. The second kappa shape index (κ2) is 5.37. The molecule has 0 aromatic carbocycles. The van der Waals surface area contributed by atoms with Crippen LogP contribution in [0.15, 0.2) is 18.5 Å². The number of aromatic nitrogens is 2. The summed E-state index contributed by atoms with van der Waals surface area (Å²) in [6.07, 6.45) is 3.32. The zero-order valence-corrected chi connectivity index (χ0v) is 10.9. The van der Waals surface area contributed by atoms with Gasteiger partial charge in [-0.15, -0.1) is 17.0 Å². The van der Waals surface area contributed by atoms with Crippen LogP contribution < -0.4 is 51.4 Å². The van der Waals surface area contributed by atoms with Crippen LogP contribution in [0.3, 0.4) is 0 Å². The minimum atomic E-state index is 0. The van der Waals surface area contributed by atoms with E-state index in [2.05, 4.69) is 16.0 Å². The molecule has 0 bridgehead atoms. The number of aromatic amines is 1. The SMILES string of the molecule is Clc1c[nH]c2nc[c-]cc12.[CH3-].[K+]. The average Bonchev–Trinajstić information content (AvgIpc) is 2.34. The van der Waals surface area contributed by atoms with Crippen molar-refractivity contribution in [3.05, 3.63) is 37.0 Å². The van der Waals surface area contributed by atoms with Crippen molar-refractivity contribution in [1.82, 2.24) is 9.97 Å². The number of halogens is 1. The van der Waals surface area contributed by atoms with Gasteiger partial charge >= 0.3 is 51.4 Å². The molecule has 2 nitrogen and oxygen atoms in total. The standard InChI is InChI=1S/C7H4ClN2.CH3.K/c8-6-4-10-7-5(6)2-1-3-9-7;;/h2-4H,(H,9,10);1H3;/q2*-1;+1. The molecular weight excluding hydrogens is 199 g/mol. The van der Waals surface area contributed by atoms with E-state index in [1.807, 2.05) is 0 Å². The maximum Gasteiger partial charge on any atom is 1.00 e. The molecular formula is C8H7ClKN2-. The molecule has 2 aromatic rings. The van der Waals surface area contributed by atoms with Crippen molar-refractivity contribution >= 4 is 22.6 Å². The van der Waals surface area contributed by atoms with Crippen LogP contribution in [0.25, 0.3) is 11.0 Å². The van der Waals surface area contributed by atoms with Crippen LogP contribution >= 0.6 is 11.6 Å². The Morgan fingerprint density at radius 1 is 1.50 bits per heavy atom. The maximum atomic E-state index is 5.78. The summed E-state index contributed by atoms with van der Waals surface area (Å²) in [4.78, 5) is 6.93. The molecule has 0 unspecified atom stereocenters. The van der Waals surface area contributed by atoms with Crippen molar-refractivity contribution in [2.75, 3.05) is 0 Å². The first kappa shape index (κ1) is 12.6. The zero-order chi connectivity index (χ0) is 6.97. The molecule has 0 spiro atoms. The summed E-state index contributed by atoms with van der Waals surface area (Å²) < 4.78 is 0. The van der Waals surface area contributed by atoms with Crippen molar-refractivity contribution in [2.45, 2.75) is 0 Å². The summed E-state index contributed by atoms with van der Waals surface area (Å²) in [6, 6.07) is 4.65. The van der Waals surface area contributed by atoms with E-state index >= 15 is 0 Å². The number of nitrogens with one attached hydrogen (secondary N) is 1. The van der Waals surface area contributed by atoms with Gasteiger partial charge in [-0.1, -0.05) is 6.20 Å². The summed E-state index contributed by atoms with van der Waals surface area (Å²) in [5.74, 6) is 0. The van der Waals surface area contributed by atoms with Gasteiger partial charge in [0.05, 0.1) is 5.65 Å². The van der Waals surface area contributed by atoms with Gasteiger partial charge in [0.25, 0.3) is 0 Å². The fraction of sp³-hybridized carbons (Fsp3) is 0. The molecule has 0 saturated heterocycles. The summed E-state index contributed by atoms with van der Waals surface area (Å²) in [5.41, 5.74) is 0.809. The minimum Gasteiger partial charge on any atom is -0.361 e. The van der Waals surface area contributed by atoms with Crippen molar-refractivity contribution in [3.8, 4) is 0 Å². The molecule has 12 heavy (non-hydrogen) atoms. The van der Waals surface area contributed by atoms with Crippen LogP contribution in [0, 0.1) is 13.5 Å². The Balaban J connectivity index is 0.000000605. The summed E-state index contributed by atoms with van der Waals surface area (Å²) in [6.45, 7) is 0. The molecule has 58 valence electrons. The number of H-pyrrole nitrogens is 1. The summed E-state index contributed by atoms with van der Waals surface area (Å²) in [7, 11) is 0. The first-order valence-corrected chi connectivity index (χ1v) is 3.24. The Kier molecular flexibility index (Phi) is 5.64. The van der Waals surface area contributed by atoms with Crippen LogP contribution in [0.5, 0.6) is 0 Å². The molecule has 2 aromatic heterocycles. The van der Waals surface area contributed by atoms with E-state index < -0.39 is 0 Å². The first-order chi connectivity index (χ1) is 4.88. The van der Waals surface area contributed by atoms with Gasteiger partial charge in [-0.3, -0.25) is 4.98 Å². The van der Waals surface area contributed by atoms with Crippen molar-refractivity contribution in [3.63, 3.8) is 0 Å². The molecule has 2 heterocycles. The van der Waals surface area contributed by atoms with Crippen molar-refractivity contribution < 1.29 is 51.4 Å². The van der Waals surface area contributed by atoms with E-state index in [9.17, 15) is 0 Å². The first-order valence-electron chi connectivity index (χ1n) is 2.86. The Morgan fingerprint density at radius 2 is 2.25 bits per heavy atom. The molecule has 0 atom stereocenters. The average molecular weight is 206 g/mol. The molecule has 0 aliphatic rings. The van der Waals surface area contributed by atoms with E-state index in [-0.39, 0.29) is 58.8 Å². The molecule has 1 N–H and O–H groups in total. The summed E-state index contributed by atoms with van der Waals surface area (Å²) >= 11 is 5.78. The fourth-order valence-corrected chi connectivity index (χ4v) is 1.07. The number of nitrogens with zero attached hydrogens (tertiary/aromatic N) is 1. The second-order valence-corrected chi connectivity index (χ2v) is 2.38. The van der Waals surface area contributed by atoms with E-state index in [0.29, 0.717) is 5.02 Å². The molecule has 0 aliphatic carbocycles. The van der Waals surface area contributed by atoms with E-state index in [1.165, 1.54) is 0 Å². The summed E-state index contributed by atoms with van der Waals surface area (Å²) in [5, 5.41) is 1.61. The molecule has 0 radical (unpaired) electrons. The van der Waals surface area contributed by atoms with Crippen molar-refractivity contribution in [2.24, 2.45) is 0 Å². The third kappa shape index (κ3) is 2.31. The van der Waals surface area contributed by atoms with Crippen LogP contribution in [0.2, 0.25) is 5.02 Å². The van der Waals surface area contributed by atoms with Crippen LogP contribution in [-0.2, 0) is 0 Å². The second-order valence-electron chi connectivity index (χ2n) is 1.97. The van der Waals surface area contributed by atoms with Gasteiger partial charge < -0.3 is 12.4 Å². The number of rotatable bonds is 0. The van der Waals surface area contributed by atoms with Gasteiger partial charge in [-0.2, -0.15) is 0 Å². The van der Waals surface area contributed by atoms with Crippen LogP contribution in [0.1, 0.15) is 0 Å². The molecule has 0 aliphatic heterocycles. The minimum absolute atomic E-state index is 0. The monoisotopic (exact) mass is 205 g/mol. The Bertz CT molecular complexity index is 359. The topological polar surface area (TPSA) is 28.7 Å². The Hall–Kier alpha value is 0.616. The third-order valence-corrected chi connectivity index (χ3v) is 1.66. The van der Waals surface area contributed by atoms with Gasteiger partial charge in [-0.25, -0.2) is 12.1 Å². The molecule has 2 rings (SSSR count). The fourth-order valence-electron chi connectivity index (χ4n) is 0.867. The number of hydrogen-bond donors (Lipinski definition) is 1. The third-order valence-electron chi connectivity index (χ3n) is 1.34. The predicted molar refractivity (Wildman–Crippen MR) is 46.4 cm³/mol. The molecule has 0 amide bonds. The van der Waals surface area contributed by atoms with Gasteiger partial charge in [0.1, 0.15) is 0 Å². The molecule has 0 saturated carbocycles. The van der Waals surface area contributed by atoms with E-state index in [1.54, 1.807) is 18.5 Å². The normalized spacial score (nSPS) is 8.75. The number of fused-ring (bicyclic) bond motifs is 1. The van der Waals surface area contributed by atoms with Crippen LogP contribution in [0.4, 0.5) is 0 Å².